The summed E-state index contributed by atoms with van der Waals surface area (Å²) in [7, 11) is 2.06. The van der Waals surface area contributed by atoms with Crippen molar-refractivity contribution in [3.8, 4) is 0 Å². The average molecular weight is 260 g/mol. The van der Waals surface area contributed by atoms with Crippen LogP contribution in [0.25, 0.3) is 0 Å². The van der Waals surface area contributed by atoms with E-state index < -0.39 is 0 Å². The van der Waals surface area contributed by atoms with Crippen LogP contribution in [0.2, 0.25) is 0 Å². The van der Waals surface area contributed by atoms with Gasteiger partial charge in [-0.25, -0.2) is 0 Å². The molecule has 0 saturated heterocycles. The van der Waals surface area contributed by atoms with Crippen LogP contribution in [0.15, 0.2) is 24.3 Å². The number of anilines is 1. The van der Waals surface area contributed by atoms with Crippen LogP contribution >= 0.6 is 0 Å². The first-order chi connectivity index (χ1) is 9.15. The number of likely N-dealkylation sites (N-methyl/N-ethyl adjacent to an activating group) is 1. The largest absolute Gasteiger partial charge is 0.325 e. The second-order valence-electron chi connectivity index (χ2n) is 5.62. The molecule has 0 heterocycles. The minimum atomic E-state index is 0.0805. The van der Waals surface area contributed by atoms with Gasteiger partial charge in [0.2, 0.25) is 5.91 Å². The monoisotopic (exact) mass is 260 g/mol. The van der Waals surface area contributed by atoms with Crippen LogP contribution in [0.3, 0.4) is 0 Å². The van der Waals surface area contributed by atoms with Gasteiger partial charge >= 0.3 is 0 Å². The highest BCUT2D eigenvalue weighted by molar-refractivity contribution is 5.92. The van der Waals surface area contributed by atoms with Crippen molar-refractivity contribution in [1.29, 1.82) is 0 Å². The van der Waals surface area contributed by atoms with Crippen molar-refractivity contribution in [2.24, 2.45) is 0 Å². The molecule has 1 N–H and O–H groups in total. The molecule has 1 fully saturated rings. The van der Waals surface area contributed by atoms with Crippen molar-refractivity contribution in [1.82, 2.24) is 4.90 Å². The van der Waals surface area contributed by atoms with E-state index in [2.05, 4.69) is 17.3 Å². The van der Waals surface area contributed by atoms with Gasteiger partial charge in [0, 0.05) is 11.7 Å². The third kappa shape index (κ3) is 4.35. The highest BCUT2D eigenvalue weighted by atomic mass is 16.2. The predicted octanol–water partition coefficient (Wildman–Crippen LogP) is 3.20. The lowest BCUT2D eigenvalue weighted by Gasteiger charge is -2.30. The molecule has 3 heteroatoms. The Morgan fingerprint density at radius 1 is 1.21 bits per heavy atom. The van der Waals surface area contributed by atoms with Gasteiger partial charge in [0.1, 0.15) is 0 Å². The Morgan fingerprint density at radius 2 is 1.84 bits per heavy atom. The van der Waals surface area contributed by atoms with Crippen molar-refractivity contribution in [3.63, 3.8) is 0 Å². The molecule has 3 nitrogen and oxygen atoms in total. The van der Waals surface area contributed by atoms with Gasteiger partial charge in [0.05, 0.1) is 6.54 Å². The lowest BCUT2D eigenvalue weighted by molar-refractivity contribution is -0.117. The molecule has 0 bridgehead atoms. The number of amides is 1. The highest BCUT2D eigenvalue weighted by Gasteiger charge is 2.19. The Balaban J connectivity index is 1.81. The fraction of sp³-hybridized carbons (Fsp3) is 0.562. The second-order valence-corrected chi connectivity index (χ2v) is 5.62. The van der Waals surface area contributed by atoms with Crippen LogP contribution in [0.1, 0.15) is 37.7 Å². The Labute approximate surface area is 116 Å². The Kier molecular flexibility index (Phi) is 4.97. The minimum Gasteiger partial charge on any atom is -0.325 e. The van der Waals surface area contributed by atoms with Gasteiger partial charge in [0.15, 0.2) is 0 Å². The van der Waals surface area contributed by atoms with Crippen LogP contribution in [-0.2, 0) is 4.79 Å². The van der Waals surface area contributed by atoms with Gasteiger partial charge in [-0.05, 0) is 38.9 Å². The quantitative estimate of drug-likeness (QED) is 0.901. The number of carbonyl (C=O) groups is 1. The van der Waals surface area contributed by atoms with Crippen LogP contribution in [0.5, 0.6) is 0 Å². The van der Waals surface area contributed by atoms with Gasteiger partial charge in [-0.1, -0.05) is 37.0 Å². The molecule has 0 aliphatic heterocycles. The number of hydrogen-bond donors (Lipinski definition) is 1. The third-order valence-electron chi connectivity index (χ3n) is 3.93. The predicted molar refractivity (Wildman–Crippen MR) is 79.3 cm³/mol. The molecule has 0 unspecified atom stereocenters. The summed E-state index contributed by atoms with van der Waals surface area (Å²) in [5.74, 6) is 0.0805. The molecule has 0 atom stereocenters. The molecule has 1 aliphatic rings. The number of benzene rings is 1. The third-order valence-corrected chi connectivity index (χ3v) is 3.93. The number of hydrogen-bond acceptors (Lipinski definition) is 2. The molecule has 2 rings (SSSR count). The van der Waals surface area contributed by atoms with Crippen molar-refractivity contribution in [2.75, 3.05) is 18.9 Å². The molecule has 0 radical (unpaired) electrons. The second kappa shape index (κ2) is 6.71. The lowest BCUT2D eigenvalue weighted by atomic mass is 9.94. The summed E-state index contributed by atoms with van der Waals surface area (Å²) in [5, 5.41) is 2.96. The Morgan fingerprint density at radius 3 is 2.47 bits per heavy atom. The van der Waals surface area contributed by atoms with E-state index in [4.69, 9.17) is 0 Å². The molecule has 1 aliphatic carbocycles. The molecule has 1 aromatic carbocycles. The highest BCUT2D eigenvalue weighted by Crippen LogP contribution is 2.21. The standard InChI is InChI=1S/C16H24N2O/c1-13-8-10-14(11-9-13)17-16(19)12-18(2)15-6-4-3-5-7-15/h8-11,15H,3-7,12H2,1-2H3,(H,17,19). The molecular weight excluding hydrogens is 236 g/mol. The zero-order chi connectivity index (χ0) is 13.7. The maximum Gasteiger partial charge on any atom is 0.238 e. The van der Waals surface area contributed by atoms with Crippen LogP contribution in [0, 0.1) is 6.92 Å². The van der Waals surface area contributed by atoms with Crippen molar-refractivity contribution in [3.05, 3.63) is 29.8 Å². The van der Waals surface area contributed by atoms with Gasteiger partial charge in [0.25, 0.3) is 0 Å². The molecule has 104 valence electrons. The maximum absolute atomic E-state index is 12.0. The van der Waals surface area contributed by atoms with Crippen molar-refractivity contribution < 1.29 is 4.79 Å². The van der Waals surface area contributed by atoms with Gasteiger partial charge in [-0.3, -0.25) is 9.69 Å². The molecule has 19 heavy (non-hydrogen) atoms. The van der Waals surface area contributed by atoms with Gasteiger partial charge in [-0.15, -0.1) is 0 Å². The number of carbonyl (C=O) groups excluding carboxylic acids is 1. The van der Waals surface area contributed by atoms with E-state index in [9.17, 15) is 4.79 Å². The van der Waals surface area contributed by atoms with Crippen molar-refractivity contribution >= 4 is 11.6 Å². The number of nitrogens with zero attached hydrogens (tertiary/aromatic N) is 1. The van der Waals surface area contributed by atoms with Crippen LogP contribution in [-0.4, -0.2) is 30.4 Å². The van der Waals surface area contributed by atoms with E-state index in [1.807, 2.05) is 31.2 Å². The van der Waals surface area contributed by atoms with E-state index in [0.717, 1.165) is 5.69 Å². The smallest absolute Gasteiger partial charge is 0.238 e. The fourth-order valence-corrected chi connectivity index (χ4v) is 2.71. The molecule has 1 aromatic rings. The van der Waals surface area contributed by atoms with E-state index in [-0.39, 0.29) is 5.91 Å². The van der Waals surface area contributed by atoms with E-state index >= 15 is 0 Å². The molecule has 1 amide bonds. The molecule has 1 saturated carbocycles. The number of rotatable bonds is 4. The first-order valence-electron chi connectivity index (χ1n) is 7.22. The minimum absolute atomic E-state index is 0.0805. The fourth-order valence-electron chi connectivity index (χ4n) is 2.71. The summed E-state index contributed by atoms with van der Waals surface area (Å²) in [6.45, 7) is 2.53. The zero-order valence-corrected chi connectivity index (χ0v) is 12.0. The summed E-state index contributed by atoms with van der Waals surface area (Å²) < 4.78 is 0. The zero-order valence-electron chi connectivity index (χ0n) is 12.0. The summed E-state index contributed by atoms with van der Waals surface area (Å²) in [6.07, 6.45) is 6.41. The normalized spacial score (nSPS) is 16.6. The summed E-state index contributed by atoms with van der Waals surface area (Å²) >= 11 is 0. The van der Waals surface area contributed by atoms with E-state index in [1.54, 1.807) is 0 Å². The Hall–Kier alpha value is -1.35. The van der Waals surface area contributed by atoms with Crippen LogP contribution in [0.4, 0.5) is 5.69 Å². The molecule has 0 aromatic heterocycles. The average Bonchev–Trinajstić information content (AvgIpc) is 2.42. The maximum atomic E-state index is 12.0. The molecular formula is C16H24N2O. The summed E-state index contributed by atoms with van der Waals surface area (Å²) in [5.41, 5.74) is 2.09. The Bertz CT molecular complexity index is 407. The van der Waals surface area contributed by atoms with E-state index in [1.165, 1.54) is 37.7 Å². The lowest BCUT2D eigenvalue weighted by Crippen LogP contribution is -2.39. The van der Waals surface area contributed by atoms with Crippen molar-refractivity contribution in [2.45, 2.75) is 45.1 Å². The van der Waals surface area contributed by atoms with Gasteiger partial charge < -0.3 is 5.32 Å². The topological polar surface area (TPSA) is 32.3 Å². The van der Waals surface area contributed by atoms with Crippen LogP contribution < -0.4 is 5.32 Å². The first kappa shape index (κ1) is 14.1. The summed E-state index contributed by atoms with van der Waals surface area (Å²) in [6, 6.07) is 8.51. The summed E-state index contributed by atoms with van der Waals surface area (Å²) in [4.78, 5) is 14.2. The van der Waals surface area contributed by atoms with Gasteiger partial charge in [-0.2, -0.15) is 0 Å². The number of nitrogens with one attached hydrogen (secondary N) is 1. The number of aryl methyl sites for hydroxylation is 1. The SMILES string of the molecule is Cc1ccc(NC(=O)CN(C)C2CCCCC2)cc1. The first-order valence-corrected chi connectivity index (χ1v) is 7.22. The molecule has 0 spiro atoms. The van der Waals surface area contributed by atoms with E-state index in [0.29, 0.717) is 12.6 Å².